The molecule has 0 aliphatic carbocycles. The van der Waals surface area contributed by atoms with Gasteiger partial charge in [0.1, 0.15) is 17.2 Å². The number of aliphatic hydroxyl groups is 1. The van der Waals surface area contributed by atoms with E-state index in [9.17, 15) is 17.6 Å². The Labute approximate surface area is 166 Å². The molecule has 0 radical (unpaired) electrons. The first-order valence-corrected chi connectivity index (χ1v) is 9.31. The second-order valence-corrected chi connectivity index (χ2v) is 6.81. The molecule has 0 unspecified atom stereocenters. The topological polar surface area (TPSA) is 46.0 Å². The highest BCUT2D eigenvalue weighted by Gasteiger charge is 2.35. The second kappa shape index (κ2) is 8.69. The molecule has 3 nitrogen and oxygen atoms in total. The summed E-state index contributed by atoms with van der Waals surface area (Å²) in [7, 11) is 0. The average Bonchev–Trinajstić information content (AvgIpc) is 2.67. The van der Waals surface area contributed by atoms with E-state index in [1.807, 2.05) is 0 Å². The van der Waals surface area contributed by atoms with Gasteiger partial charge >= 0.3 is 6.11 Å². The molecule has 0 amide bonds. The van der Waals surface area contributed by atoms with Gasteiger partial charge in [0.25, 0.3) is 0 Å². The lowest BCUT2D eigenvalue weighted by Gasteiger charge is -2.13. The molecule has 152 valence electrons. The maximum absolute atomic E-state index is 13.9. The van der Waals surface area contributed by atoms with E-state index < -0.39 is 23.3 Å². The summed E-state index contributed by atoms with van der Waals surface area (Å²) in [5, 5.41) is 8.63. The zero-order chi connectivity index (χ0) is 21.0. The van der Waals surface area contributed by atoms with Gasteiger partial charge in [-0.3, -0.25) is 0 Å². The first-order chi connectivity index (χ1) is 13.8. The Hall–Kier alpha value is -2.80. The van der Waals surface area contributed by atoms with Crippen molar-refractivity contribution in [1.82, 2.24) is 9.97 Å². The van der Waals surface area contributed by atoms with Crippen molar-refractivity contribution in [2.24, 2.45) is 0 Å². The van der Waals surface area contributed by atoms with Crippen LogP contribution in [0.4, 0.5) is 17.6 Å². The van der Waals surface area contributed by atoms with Crippen LogP contribution in [0, 0.1) is 11.6 Å². The fourth-order valence-electron chi connectivity index (χ4n) is 3.05. The predicted molar refractivity (Wildman–Crippen MR) is 102 cm³/mol. The summed E-state index contributed by atoms with van der Waals surface area (Å²) in [5.41, 5.74) is 0.617. The molecule has 2 aromatic carbocycles. The van der Waals surface area contributed by atoms with Crippen molar-refractivity contribution in [2.75, 3.05) is 0 Å². The molecule has 1 heterocycles. The molecule has 1 aromatic heterocycles. The zero-order valence-electron chi connectivity index (χ0n) is 15.8. The number of aromatic nitrogens is 2. The van der Waals surface area contributed by atoms with Gasteiger partial charge in [0.2, 0.25) is 0 Å². The number of unbranched alkanes of at least 4 members (excludes halogenated alkanes) is 2. The van der Waals surface area contributed by atoms with Crippen molar-refractivity contribution in [1.29, 1.82) is 0 Å². The fourth-order valence-corrected chi connectivity index (χ4v) is 3.05. The number of hydrogen-bond donors (Lipinski definition) is 1. The third-order valence-electron chi connectivity index (χ3n) is 4.59. The molecule has 3 rings (SSSR count). The molecule has 1 N–H and O–H groups in total. The third-order valence-corrected chi connectivity index (χ3v) is 4.59. The lowest BCUT2D eigenvalue weighted by Crippen LogP contribution is -2.16. The monoisotopic (exact) mass is 404 g/mol. The van der Waals surface area contributed by atoms with Crippen LogP contribution < -0.4 is 0 Å². The summed E-state index contributed by atoms with van der Waals surface area (Å²) in [5.74, 6) is -2.51. The van der Waals surface area contributed by atoms with Crippen molar-refractivity contribution in [3.8, 4) is 22.5 Å². The van der Waals surface area contributed by atoms with Crippen molar-refractivity contribution in [2.45, 2.75) is 38.7 Å². The van der Waals surface area contributed by atoms with Gasteiger partial charge in [-0.05, 0) is 41.7 Å². The van der Waals surface area contributed by atoms with Crippen LogP contribution in [-0.2, 0) is 12.5 Å². The van der Waals surface area contributed by atoms with Crippen molar-refractivity contribution < 1.29 is 22.7 Å². The summed E-state index contributed by atoms with van der Waals surface area (Å²) in [4.78, 5) is 8.71. The van der Waals surface area contributed by atoms with Gasteiger partial charge in [-0.2, -0.15) is 8.78 Å². The predicted octanol–water partition coefficient (Wildman–Crippen LogP) is 5.86. The number of alkyl halides is 2. The number of aryl methyl sites for hydroxylation is 1. The highest BCUT2D eigenvalue weighted by molar-refractivity contribution is 5.68. The summed E-state index contributed by atoms with van der Waals surface area (Å²) >= 11 is 0. The van der Waals surface area contributed by atoms with Crippen LogP contribution >= 0.6 is 0 Å². The number of rotatable bonds is 7. The first kappa shape index (κ1) is 20.9. The minimum Gasteiger partial charge on any atom is -0.332 e. The van der Waals surface area contributed by atoms with E-state index in [4.69, 9.17) is 5.11 Å². The van der Waals surface area contributed by atoms with Crippen LogP contribution in [-0.4, -0.2) is 15.1 Å². The summed E-state index contributed by atoms with van der Waals surface area (Å²) < 4.78 is 53.6. The SMILES string of the molecule is CCCCCc1cnc(-c2ccc(-c3cc(F)c(C(O)(F)F)c(F)c3)cc2)nc1. The first-order valence-electron chi connectivity index (χ1n) is 9.31. The van der Waals surface area contributed by atoms with Gasteiger partial charge in [0.15, 0.2) is 5.82 Å². The van der Waals surface area contributed by atoms with E-state index in [-0.39, 0.29) is 5.56 Å². The minimum atomic E-state index is -4.59. The normalized spacial score (nSPS) is 11.7. The van der Waals surface area contributed by atoms with Crippen LogP contribution in [0.1, 0.15) is 37.3 Å². The van der Waals surface area contributed by atoms with E-state index in [0.717, 1.165) is 43.4 Å². The minimum absolute atomic E-state index is 0.0757. The standard InChI is InChI=1S/C22H20F4N2O/c1-2-3-4-5-14-12-27-21(28-13-14)16-8-6-15(7-9-16)17-10-18(23)20(19(24)11-17)22(25,26)29/h6-13,29H,2-5H2,1H3. The van der Waals surface area contributed by atoms with Crippen molar-refractivity contribution >= 4 is 0 Å². The van der Waals surface area contributed by atoms with E-state index in [2.05, 4.69) is 16.9 Å². The van der Waals surface area contributed by atoms with Crippen LogP contribution in [0.25, 0.3) is 22.5 Å². The van der Waals surface area contributed by atoms with Crippen LogP contribution in [0.2, 0.25) is 0 Å². The van der Waals surface area contributed by atoms with Crippen molar-refractivity contribution in [3.63, 3.8) is 0 Å². The Morgan fingerprint density at radius 3 is 1.93 bits per heavy atom. The summed E-state index contributed by atoms with van der Waals surface area (Å²) in [6, 6.07) is 8.09. The third kappa shape index (κ3) is 4.98. The Kier molecular flexibility index (Phi) is 6.27. The zero-order valence-corrected chi connectivity index (χ0v) is 15.8. The maximum Gasteiger partial charge on any atom is 0.386 e. The van der Waals surface area contributed by atoms with E-state index >= 15 is 0 Å². The lowest BCUT2D eigenvalue weighted by atomic mass is 10.0. The Morgan fingerprint density at radius 2 is 1.41 bits per heavy atom. The van der Waals surface area contributed by atoms with Gasteiger partial charge in [-0.15, -0.1) is 0 Å². The van der Waals surface area contributed by atoms with Gasteiger partial charge in [0, 0.05) is 18.0 Å². The number of benzene rings is 2. The summed E-state index contributed by atoms with van der Waals surface area (Å²) in [6.07, 6.45) is 3.28. The van der Waals surface area contributed by atoms with Crippen LogP contribution in [0.5, 0.6) is 0 Å². The molecular weight excluding hydrogens is 384 g/mol. The maximum atomic E-state index is 13.9. The molecule has 3 aromatic rings. The van der Waals surface area contributed by atoms with E-state index in [1.54, 1.807) is 36.7 Å². The van der Waals surface area contributed by atoms with E-state index in [0.29, 0.717) is 17.0 Å². The molecule has 0 aliphatic rings. The largest absolute Gasteiger partial charge is 0.386 e. The Bertz CT molecular complexity index is 945. The lowest BCUT2D eigenvalue weighted by molar-refractivity contribution is -0.212. The van der Waals surface area contributed by atoms with Gasteiger partial charge < -0.3 is 5.11 Å². The molecule has 0 bridgehead atoms. The quantitative estimate of drug-likeness (QED) is 0.396. The molecule has 0 saturated carbocycles. The summed E-state index contributed by atoms with van der Waals surface area (Å²) in [6.45, 7) is 2.14. The number of halogens is 4. The molecular formula is C22H20F4N2O. The highest BCUT2D eigenvalue weighted by atomic mass is 19.3. The van der Waals surface area contributed by atoms with Gasteiger partial charge in [-0.1, -0.05) is 44.0 Å². The molecule has 7 heteroatoms. The number of hydrogen-bond acceptors (Lipinski definition) is 3. The molecule has 0 saturated heterocycles. The van der Waals surface area contributed by atoms with E-state index in [1.165, 1.54) is 0 Å². The second-order valence-electron chi connectivity index (χ2n) is 6.81. The Balaban J connectivity index is 1.80. The van der Waals surface area contributed by atoms with Crippen LogP contribution in [0.15, 0.2) is 48.8 Å². The molecule has 0 fully saturated rings. The smallest absolute Gasteiger partial charge is 0.332 e. The van der Waals surface area contributed by atoms with Crippen LogP contribution in [0.3, 0.4) is 0 Å². The van der Waals surface area contributed by atoms with Crippen molar-refractivity contribution in [3.05, 3.63) is 71.6 Å². The highest BCUT2D eigenvalue weighted by Crippen LogP contribution is 2.33. The fraction of sp³-hybridized carbons (Fsp3) is 0.273. The van der Waals surface area contributed by atoms with Gasteiger partial charge in [-0.25, -0.2) is 18.7 Å². The Morgan fingerprint density at radius 1 is 0.862 bits per heavy atom. The number of nitrogens with zero attached hydrogens (tertiary/aromatic N) is 2. The molecule has 0 aliphatic heterocycles. The molecule has 0 spiro atoms. The van der Waals surface area contributed by atoms with Gasteiger partial charge in [0.05, 0.1) is 0 Å². The average molecular weight is 404 g/mol. The molecule has 0 atom stereocenters. The molecule has 29 heavy (non-hydrogen) atoms.